The third-order valence-corrected chi connectivity index (χ3v) is 3.27. The number of ether oxygens (including phenoxy) is 2. The number of benzene rings is 1. The Labute approximate surface area is 115 Å². The van der Waals surface area contributed by atoms with Gasteiger partial charge in [0.05, 0.1) is 0 Å². The monoisotopic (exact) mass is 264 g/mol. The van der Waals surface area contributed by atoms with Gasteiger partial charge < -0.3 is 20.1 Å². The molecule has 4 nitrogen and oxygen atoms in total. The van der Waals surface area contributed by atoms with Gasteiger partial charge in [-0.25, -0.2) is 0 Å². The number of anilines is 1. The molecule has 2 N–H and O–H groups in total. The summed E-state index contributed by atoms with van der Waals surface area (Å²) in [6.07, 6.45) is 1.16. The van der Waals surface area contributed by atoms with Gasteiger partial charge in [0.15, 0.2) is 11.5 Å². The first-order valence-corrected chi connectivity index (χ1v) is 7.05. The number of nitrogens with two attached hydrogens (primary N) is 1. The molecule has 1 aliphatic rings. The lowest BCUT2D eigenvalue weighted by Gasteiger charge is -2.27. The molecule has 0 aromatic heterocycles. The van der Waals surface area contributed by atoms with Crippen molar-refractivity contribution in [3.63, 3.8) is 0 Å². The highest BCUT2D eigenvalue weighted by Crippen LogP contribution is 2.34. The number of hydrogen-bond donors (Lipinski definition) is 1. The highest BCUT2D eigenvalue weighted by Gasteiger charge is 2.14. The summed E-state index contributed by atoms with van der Waals surface area (Å²) >= 11 is 0. The molecule has 1 aliphatic heterocycles. The molecule has 0 amide bonds. The van der Waals surface area contributed by atoms with E-state index in [0.29, 0.717) is 25.7 Å². The van der Waals surface area contributed by atoms with Crippen LogP contribution in [0, 0.1) is 5.92 Å². The molecular weight excluding hydrogens is 240 g/mol. The van der Waals surface area contributed by atoms with Crippen LogP contribution in [0.15, 0.2) is 18.2 Å². The maximum absolute atomic E-state index is 5.71. The van der Waals surface area contributed by atoms with Crippen LogP contribution < -0.4 is 20.1 Å². The minimum atomic E-state index is 0.624. The highest BCUT2D eigenvalue weighted by molar-refractivity contribution is 5.56. The van der Waals surface area contributed by atoms with Crippen LogP contribution in [0.3, 0.4) is 0 Å². The summed E-state index contributed by atoms with van der Waals surface area (Å²) in [5.41, 5.74) is 6.88. The lowest BCUT2D eigenvalue weighted by molar-refractivity contribution is 0.171. The van der Waals surface area contributed by atoms with Crippen molar-refractivity contribution in [2.75, 3.05) is 37.7 Å². The van der Waals surface area contributed by atoms with Gasteiger partial charge in [-0.15, -0.1) is 0 Å². The van der Waals surface area contributed by atoms with Crippen LogP contribution in [0.2, 0.25) is 0 Å². The zero-order chi connectivity index (χ0) is 13.7. The van der Waals surface area contributed by atoms with Crippen LogP contribution in [-0.4, -0.2) is 32.8 Å². The van der Waals surface area contributed by atoms with Crippen LogP contribution in [0.25, 0.3) is 0 Å². The Balaban J connectivity index is 2.11. The van der Waals surface area contributed by atoms with E-state index in [4.69, 9.17) is 15.2 Å². The molecule has 4 heteroatoms. The van der Waals surface area contributed by atoms with Crippen molar-refractivity contribution in [2.45, 2.75) is 20.3 Å². The van der Waals surface area contributed by atoms with Gasteiger partial charge in [-0.05, 0) is 24.5 Å². The average Bonchev–Trinajstić information content (AvgIpc) is 2.42. The Morgan fingerprint density at radius 1 is 1.16 bits per heavy atom. The smallest absolute Gasteiger partial charge is 0.163 e. The molecule has 0 spiro atoms. The summed E-state index contributed by atoms with van der Waals surface area (Å²) in [5, 5.41) is 0. The zero-order valence-electron chi connectivity index (χ0n) is 11.9. The second-order valence-electron chi connectivity index (χ2n) is 5.29. The summed E-state index contributed by atoms with van der Waals surface area (Å²) < 4.78 is 11.2. The summed E-state index contributed by atoms with van der Waals surface area (Å²) in [7, 11) is 0. The quantitative estimate of drug-likeness (QED) is 0.856. The minimum Gasteiger partial charge on any atom is -0.486 e. The van der Waals surface area contributed by atoms with E-state index in [0.717, 1.165) is 36.7 Å². The first-order valence-electron chi connectivity index (χ1n) is 7.05. The van der Waals surface area contributed by atoms with Gasteiger partial charge in [-0.1, -0.05) is 13.8 Å². The molecule has 0 saturated carbocycles. The standard InChI is InChI=1S/C15H24N2O2/c1-12(2)5-7-17(8-6-16)13-3-4-14-15(11-13)19-10-9-18-14/h3-4,11-12H,5-10,16H2,1-2H3. The van der Waals surface area contributed by atoms with Crippen molar-refractivity contribution in [1.29, 1.82) is 0 Å². The lowest BCUT2D eigenvalue weighted by atomic mass is 10.1. The molecule has 0 fully saturated rings. The molecular formula is C15H24N2O2. The van der Waals surface area contributed by atoms with E-state index in [1.54, 1.807) is 0 Å². The van der Waals surface area contributed by atoms with Gasteiger partial charge in [0.2, 0.25) is 0 Å². The number of hydrogen-bond acceptors (Lipinski definition) is 4. The van der Waals surface area contributed by atoms with Crippen molar-refractivity contribution < 1.29 is 9.47 Å². The van der Waals surface area contributed by atoms with E-state index >= 15 is 0 Å². The van der Waals surface area contributed by atoms with E-state index in [-0.39, 0.29) is 0 Å². The van der Waals surface area contributed by atoms with Crippen LogP contribution in [0.1, 0.15) is 20.3 Å². The molecule has 2 rings (SSSR count). The number of rotatable bonds is 6. The maximum atomic E-state index is 5.71. The Kier molecular flexibility index (Phi) is 4.91. The molecule has 1 aromatic carbocycles. The topological polar surface area (TPSA) is 47.7 Å². The summed E-state index contributed by atoms with van der Waals surface area (Å²) in [4.78, 5) is 2.32. The Hall–Kier alpha value is -1.42. The average molecular weight is 264 g/mol. The molecule has 0 unspecified atom stereocenters. The number of nitrogens with zero attached hydrogens (tertiary/aromatic N) is 1. The van der Waals surface area contributed by atoms with Crippen molar-refractivity contribution >= 4 is 5.69 Å². The molecule has 1 heterocycles. The van der Waals surface area contributed by atoms with Gasteiger partial charge in [-0.2, -0.15) is 0 Å². The minimum absolute atomic E-state index is 0.624. The second kappa shape index (κ2) is 6.66. The van der Waals surface area contributed by atoms with Crippen LogP contribution in [0.5, 0.6) is 11.5 Å². The summed E-state index contributed by atoms with van der Waals surface area (Å²) in [5.74, 6) is 2.37. The van der Waals surface area contributed by atoms with E-state index in [2.05, 4.69) is 30.9 Å². The molecule has 106 valence electrons. The van der Waals surface area contributed by atoms with E-state index in [9.17, 15) is 0 Å². The molecule has 0 saturated heterocycles. The third kappa shape index (κ3) is 3.77. The first kappa shape index (κ1) is 14.0. The largest absolute Gasteiger partial charge is 0.486 e. The SMILES string of the molecule is CC(C)CCN(CCN)c1ccc2c(c1)OCCO2. The van der Waals surface area contributed by atoms with Gasteiger partial charge in [0.25, 0.3) is 0 Å². The molecule has 0 radical (unpaired) electrons. The third-order valence-electron chi connectivity index (χ3n) is 3.27. The second-order valence-corrected chi connectivity index (χ2v) is 5.29. The van der Waals surface area contributed by atoms with Gasteiger partial charge in [-0.3, -0.25) is 0 Å². The maximum Gasteiger partial charge on any atom is 0.163 e. The van der Waals surface area contributed by atoms with Gasteiger partial charge in [0.1, 0.15) is 13.2 Å². The molecule has 0 atom stereocenters. The number of fused-ring (bicyclic) bond motifs is 1. The Bertz CT molecular complexity index is 407. The van der Waals surface area contributed by atoms with Gasteiger partial charge >= 0.3 is 0 Å². The Morgan fingerprint density at radius 2 is 1.89 bits per heavy atom. The first-order chi connectivity index (χ1) is 9.20. The van der Waals surface area contributed by atoms with Crippen molar-refractivity contribution in [3.05, 3.63) is 18.2 Å². The lowest BCUT2D eigenvalue weighted by Crippen LogP contribution is -2.31. The van der Waals surface area contributed by atoms with E-state index < -0.39 is 0 Å². The van der Waals surface area contributed by atoms with Gasteiger partial charge in [0, 0.05) is 31.4 Å². The summed E-state index contributed by atoms with van der Waals surface area (Å²) in [6, 6.07) is 6.14. The van der Waals surface area contributed by atoms with Crippen LogP contribution >= 0.6 is 0 Å². The van der Waals surface area contributed by atoms with Crippen molar-refractivity contribution in [2.24, 2.45) is 11.7 Å². The fourth-order valence-corrected chi connectivity index (χ4v) is 2.17. The fraction of sp³-hybridized carbons (Fsp3) is 0.600. The fourth-order valence-electron chi connectivity index (χ4n) is 2.17. The zero-order valence-corrected chi connectivity index (χ0v) is 11.9. The predicted molar refractivity (Wildman–Crippen MR) is 78.2 cm³/mol. The van der Waals surface area contributed by atoms with Crippen LogP contribution in [0.4, 0.5) is 5.69 Å². The van der Waals surface area contributed by atoms with E-state index in [1.165, 1.54) is 0 Å². The Morgan fingerprint density at radius 3 is 2.58 bits per heavy atom. The van der Waals surface area contributed by atoms with E-state index in [1.807, 2.05) is 6.07 Å². The highest BCUT2D eigenvalue weighted by atomic mass is 16.6. The predicted octanol–water partition coefficient (Wildman–Crippen LogP) is 2.27. The van der Waals surface area contributed by atoms with Crippen molar-refractivity contribution in [3.8, 4) is 11.5 Å². The summed E-state index contributed by atoms with van der Waals surface area (Å²) in [6.45, 7) is 8.29. The normalized spacial score (nSPS) is 13.7. The van der Waals surface area contributed by atoms with Crippen molar-refractivity contribution in [1.82, 2.24) is 0 Å². The van der Waals surface area contributed by atoms with Crippen LogP contribution in [-0.2, 0) is 0 Å². The molecule has 0 bridgehead atoms. The molecule has 1 aromatic rings. The molecule has 0 aliphatic carbocycles. The molecule has 19 heavy (non-hydrogen) atoms.